The van der Waals surface area contributed by atoms with Crippen molar-refractivity contribution in [3.05, 3.63) is 106 Å². The summed E-state index contributed by atoms with van der Waals surface area (Å²) in [4.78, 5) is 24.3. The fourth-order valence-electron chi connectivity index (χ4n) is 3.50. The molecule has 0 spiro atoms. The van der Waals surface area contributed by atoms with Gasteiger partial charge in [-0.3, -0.25) is 9.59 Å². The molecule has 0 aliphatic rings. The van der Waals surface area contributed by atoms with E-state index >= 15 is 0 Å². The van der Waals surface area contributed by atoms with E-state index in [1.807, 2.05) is 60.7 Å². The molecule has 36 heavy (non-hydrogen) atoms. The first-order valence-electron chi connectivity index (χ1n) is 11.2. The topological polar surface area (TPSA) is 79.8 Å². The van der Waals surface area contributed by atoms with Gasteiger partial charge in [0.15, 0.2) is 0 Å². The monoisotopic (exact) mass is 547 g/mol. The van der Waals surface area contributed by atoms with E-state index in [-0.39, 0.29) is 18.5 Å². The molecule has 0 saturated carbocycles. The van der Waals surface area contributed by atoms with Gasteiger partial charge in [0.25, 0.3) is 0 Å². The quantitative estimate of drug-likeness (QED) is 0.193. The largest absolute Gasteiger partial charge is 0.488 e. The number of anilines is 1. The molecule has 4 aromatic carbocycles. The van der Waals surface area contributed by atoms with E-state index in [0.29, 0.717) is 12.4 Å². The fourth-order valence-corrected chi connectivity index (χ4v) is 3.77. The molecule has 0 bridgehead atoms. The Balaban J connectivity index is 1.39. The highest BCUT2D eigenvalue weighted by Gasteiger charge is 2.10. The van der Waals surface area contributed by atoms with Crippen LogP contribution in [0, 0.1) is 5.82 Å². The van der Waals surface area contributed by atoms with Gasteiger partial charge in [0.05, 0.1) is 11.9 Å². The molecule has 0 aliphatic heterocycles. The highest BCUT2D eigenvalue weighted by atomic mass is 79.9. The van der Waals surface area contributed by atoms with Crippen molar-refractivity contribution < 1.29 is 18.7 Å². The Bertz CT molecular complexity index is 1410. The molecule has 4 rings (SSSR count). The number of carbonyl (C=O) groups is 2. The second-order valence-corrected chi connectivity index (χ2v) is 8.85. The Labute approximate surface area is 216 Å². The van der Waals surface area contributed by atoms with Crippen LogP contribution in [0.3, 0.4) is 0 Å². The number of hydrazone groups is 1. The smallest absolute Gasteiger partial charge is 0.240 e. The summed E-state index contributed by atoms with van der Waals surface area (Å²) in [6.07, 6.45) is 1.34. The molecular formula is C28H23BrFN3O3. The molecule has 0 radical (unpaired) electrons. The molecule has 0 aromatic heterocycles. The van der Waals surface area contributed by atoms with Crippen LogP contribution < -0.4 is 15.5 Å². The maximum absolute atomic E-state index is 13.7. The van der Waals surface area contributed by atoms with Crippen molar-refractivity contribution in [2.75, 3.05) is 5.32 Å². The molecule has 0 fully saturated rings. The number of nitrogens with one attached hydrogen (secondary N) is 2. The molecule has 6 nitrogen and oxygen atoms in total. The average Bonchev–Trinajstić information content (AvgIpc) is 2.89. The molecule has 2 amide bonds. The molecule has 0 saturated heterocycles. The lowest BCUT2D eigenvalue weighted by atomic mass is 10.0. The SMILES string of the molecule is O=C(CCC(=O)Nc1ccccc1F)NN=Cc1c(OCc2ccc(Br)cc2)ccc2ccccc12. The summed E-state index contributed by atoms with van der Waals surface area (Å²) in [5, 5.41) is 8.48. The molecule has 0 atom stereocenters. The predicted molar refractivity (Wildman–Crippen MR) is 142 cm³/mol. The van der Waals surface area contributed by atoms with Gasteiger partial charge in [-0.25, -0.2) is 9.82 Å². The van der Waals surface area contributed by atoms with E-state index < -0.39 is 17.6 Å². The van der Waals surface area contributed by atoms with Gasteiger partial charge in [0.2, 0.25) is 11.8 Å². The van der Waals surface area contributed by atoms with Crippen LogP contribution in [0.4, 0.5) is 10.1 Å². The summed E-state index contributed by atoms with van der Waals surface area (Å²) in [6, 6.07) is 25.4. The standard InChI is InChI=1S/C28H23BrFN3O3/c29-21-12-9-19(10-13-21)18-36-26-14-11-20-5-1-2-6-22(20)23(26)17-31-33-28(35)16-15-27(34)32-25-8-4-3-7-24(25)30/h1-14,17H,15-16,18H2,(H,32,34)(H,33,35). The van der Waals surface area contributed by atoms with Crippen LogP contribution in [-0.2, 0) is 16.2 Å². The lowest BCUT2D eigenvalue weighted by molar-refractivity contribution is -0.124. The Morgan fingerprint density at radius 3 is 2.42 bits per heavy atom. The van der Waals surface area contributed by atoms with E-state index in [2.05, 4.69) is 31.8 Å². The van der Waals surface area contributed by atoms with Gasteiger partial charge in [0.1, 0.15) is 18.2 Å². The molecule has 0 unspecified atom stereocenters. The molecule has 4 aromatic rings. The minimum Gasteiger partial charge on any atom is -0.488 e. The van der Waals surface area contributed by atoms with Crippen molar-refractivity contribution in [1.82, 2.24) is 5.43 Å². The Morgan fingerprint density at radius 2 is 1.61 bits per heavy atom. The van der Waals surface area contributed by atoms with Crippen LogP contribution in [-0.4, -0.2) is 18.0 Å². The van der Waals surface area contributed by atoms with E-state index in [1.165, 1.54) is 24.4 Å². The van der Waals surface area contributed by atoms with E-state index in [1.54, 1.807) is 6.07 Å². The van der Waals surface area contributed by atoms with E-state index in [4.69, 9.17) is 4.74 Å². The summed E-state index contributed by atoms with van der Waals surface area (Å²) in [7, 11) is 0. The van der Waals surface area contributed by atoms with Crippen LogP contribution in [0.25, 0.3) is 10.8 Å². The first-order valence-corrected chi connectivity index (χ1v) is 12.0. The van der Waals surface area contributed by atoms with Gasteiger partial charge in [-0.2, -0.15) is 5.10 Å². The first kappa shape index (κ1) is 25.1. The number of carbonyl (C=O) groups excluding carboxylic acids is 2. The first-order chi connectivity index (χ1) is 17.5. The number of hydrogen-bond acceptors (Lipinski definition) is 4. The summed E-state index contributed by atoms with van der Waals surface area (Å²) in [5.41, 5.74) is 4.26. The lowest BCUT2D eigenvalue weighted by Crippen LogP contribution is -2.21. The number of hydrogen-bond donors (Lipinski definition) is 2. The van der Waals surface area contributed by atoms with Crippen molar-refractivity contribution in [2.45, 2.75) is 19.4 Å². The predicted octanol–water partition coefficient (Wildman–Crippen LogP) is 6.19. The third-order valence-corrected chi connectivity index (χ3v) is 5.88. The maximum atomic E-state index is 13.7. The van der Waals surface area contributed by atoms with Crippen molar-refractivity contribution in [1.29, 1.82) is 0 Å². The summed E-state index contributed by atoms with van der Waals surface area (Å²) >= 11 is 3.43. The number of fused-ring (bicyclic) bond motifs is 1. The third-order valence-electron chi connectivity index (χ3n) is 5.35. The summed E-state index contributed by atoms with van der Waals surface area (Å²) in [5.74, 6) is -0.809. The number of halogens is 2. The van der Waals surface area contributed by atoms with Crippen LogP contribution in [0.1, 0.15) is 24.0 Å². The lowest BCUT2D eigenvalue weighted by Gasteiger charge is -2.12. The number of ether oxygens (including phenoxy) is 1. The highest BCUT2D eigenvalue weighted by Crippen LogP contribution is 2.27. The van der Waals surface area contributed by atoms with Crippen molar-refractivity contribution in [3.63, 3.8) is 0 Å². The van der Waals surface area contributed by atoms with Crippen LogP contribution in [0.2, 0.25) is 0 Å². The zero-order valence-electron chi connectivity index (χ0n) is 19.2. The molecule has 2 N–H and O–H groups in total. The Kier molecular flexibility index (Phi) is 8.41. The Hall–Kier alpha value is -4.04. The second-order valence-electron chi connectivity index (χ2n) is 7.93. The Morgan fingerprint density at radius 1 is 0.889 bits per heavy atom. The highest BCUT2D eigenvalue weighted by molar-refractivity contribution is 9.10. The maximum Gasteiger partial charge on any atom is 0.240 e. The van der Waals surface area contributed by atoms with Gasteiger partial charge in [-0.1, -0.05) is 70.5 Å². The van der Waals surface area contributed by atoms with Gasteiger partial charge in [0, 0.05) is 22.9 Å². The number of benzene rings is 4. The van der Waals surface area contributed by atoms with Crippen LogP contribution in [0.5, 0.6) is 5.75 Å². The second kappa shape index (κ2) is 12.1. The van der Waals surface area contributed by atoms with E-state index in [0.717, 1.165) is 26.4 Å². The van der Waals surface area contributed by atoms with Crippen LogP contribution in [0.15, 0.2) is 94.5 Å². The zero-order valence-corrected chi connectivity index (χ0v) is 20.8. The minimum atomic E-state index is -0.534. The van der Waals surface area contributed by atoms with E-state index in [9.17, 15) is 14.0 Å². The molecule has 182 valence electrons. The molecule has 0 aliphatic carbocycles. The number of nitrogens with zero attached hydrogens (tertiary/aromatic N) is 1. The van der Waals surface area contributed by atoms with Gasteiger partial charge >= 0.3 is 0 Å². The van der Waals surface area contributed by atoms with Crippen molar-refractivity contribution in [2.24, 2.45) is 5.10 Å². The average molecular weight is 548 g/mol. The number of para-hydroxylation sites is 1. The minimum absolute atomic E-state index is 0.0764. The molecule has 8 heteroatoms. The van der Waals surface area contributed by atoms with Gasteiger partial charge < -0.3 is 10.1 Å². The zero-order chi connectivity index (χ0) is 25.3. The fraction of sp³-hybridized carbons (Fsp3) is 0.107. The number of amides is 2. The van der Waals surface area contributed by atoms with Crippen molar-refractivity contribution >= 4 is 50.4 Å². The van der Waals surface area contributed by atoms with Crippen molar-refractivity contribution in [3.8, 4) is 5.75 Å². The molecule has 0 heterocycles. The summed E-state index contributed by atoms with van der Waals surface area (Å²) < 4.78 is 20.7. The summed E-state index contributed by atoms with van der Waals surface area (Å²) in [6.45, 7) is 0.371. The number of rotatable bonds is 9. The van der Waals surface area contributed by atoms with Crippen LogP contribution >= 0.6 is 15.9 Å². The molecular weight excluding hydrogens is 525 g/mol. The van der Waals surface area contributed by atoms with Gasteiger partial charge in [-0.05, 0) is 46.7 Å². The third kappa shape index (κ3) is 6.76. The van der Waals surface area contributed by atoms with Gasteiger partial charge in [-0.15, -0.1) is 0 Å². The normalized spacial score (nSPS) is 10.9.